The largest absolute Gasteiger partial charge is 0.491 e. The zero-order valence-electron chi connectivity index (χ0n) is 13.4. The predicted molar refractivity (Wildman–Crippen MR) is 90.1 cm³/mol. The van der Waals surface area contributed by atoms with E-state index < -0.39 is 0 Å². The third-order valence-corrected chi connectivity index (χ3v) is 4.58. The van der Waals surface area contributed by atoms with Crippen molar-refractivity contribution < 1.29 is 4.74 Å². The molecule has 0 radical (unpaired) electrons. The van der Waals surface area contributed by atoms with E-state index in [1.165, 1.54) is 4.88 Å². The lowest BCUT2D eigenvalue weighted by Crippen LogP contribution is -2.17. The van der Waals surface area contributed by atoms with E-state index in [1.54, 1.807) is 11.3 Å². The van der Waals surface area contributed by atoms with Crippen LogP contribution in [-0.4, -0.2) is 17.6 Å². The maximum absolute atomic E-state index is 5.76. The van der Waals surface area contributed by atoms with Crippen molar-refractivity contribution in [3.05, 3.63) is 34.8 Å². The first kappa shape index (κ1) is 16.0. The molecular formula is C17H24N2OS. The van der Waals surface area contributed by atoms with Crippen LogP contribution in [0.15, 0.2) is 24.3 Å². The van der Waals surface area contributed by atoms with E-state index in [0.717, 1.165) is 28.6 Å². The Kier molecular flexibility index (Phi) is 5.37. The highest BCUT2D eigenvalue weighted by Gasteiger charge is 2.14. The summed E-state index contributed by atoms with van der Waals surface area (Å²) in [7, 11) is 0. The van der Waals surface area contributed by atoms with Crippen LogP contribution < -0.4 is 10.1 Å². The van der Waals surface area contributed by atoms with Gasteiger partial charge in [0.15, 0.2) is 0 Å². The van der Waals surface area contributed by atoms with Gasteiger partial charge in [-0.25, -0.2) is 4.98 Å². The average Bonchev–Trinajstić information content (AvgIpc) is 2.81. The highest BCUT2D eigenvalue weighted by atomic mass is 32.1. The normalized spacial score (nSPS) is 12.7. The molecule has 1 atom stereocenters. The molecule has 0 aliphatic heterocycles. The molecule has 1 aromatic carbocycles. The molecule has 2 aromatic rings. The molecule has 1 unspecified atom stereocenters. The third-order valence-electron chi connectivity index (χ3n) is 3.19. The van der Waals surface area contributed by atoms with Crippen LogP contribution in [0.5, 0.6) is 5.75 Å². The standard InChI is InChI=1S/C17H24N2OS/c1-6-18-12(4)16-13(5)19-17(21-16)14-8-7-9-15(10-14)20-11(2)3/h7-12,18H,6H2,1-5H3. The second-order valence-electron chi connectivity index (χ2n) is 5.44. The van der Waals surface area contributed by atoms with E-state index in [4.69, 9.17) is 9.72 Å². The number of hydrogen-bond acceptors (Lipinski definition) is 4. The van der Waals surface area contributed by atoms with Gasteiger partial charge in [-0.05, 0) is 46.4 Å². The Hall–Kier alpha value is -1.39. The molecule has 0 spiro atoms. The van der Waals surface area contributed by atoms with Gasteiger partial charge in [-0.15, -0.1) is 11.3 Å². The van der Waals surface area contributed by atoms with Crippen molar-refractivity contribution in [2.75, 3.05) is 6.54 Å². The predicted octanol–water partition coefficient (Wildman–Crippen LogP) is 4.58. The lowest BCUT2D eigenvalue weighted by molar-refractivity contribution is 0.242. The SMILES string of the molecule is CCNC(C)c1sc(-c2cccc(OC(C)C)c2)nc1C. The molecule has 1 aromatic heterocycles. The van der Waals surface area contributed by atoms with E-state index in [0.29, 0.717) is 6.04 Å². The number of nitrogens with one attached hydrogen (secondary N) is 1. The molecule has 3 nitrogen and oxygen atoms in total. The molecule has 0 aliphatic rings. The van der Waals surface area contributed by atoms with Crippen molar-refractivity contribution in [1.82, 2.24) is 10.3 Å². The molecule has 0 amide bonds. The number of rotatable bonds is 6. The van der Waals surface area contributed by atoms with Gasteiger partial charge in [0, 0.05) is 16.5 Å². The van der Waals surface area contributed by atoms with Crippen LogP contribution in [-0.2, 0) is 0 Å². The Morgan fingerprint density at radius 1 is 1.29 bits per heavy atom. The maximum atomic E-state index is 5.76. The summed E-state index contributed by atoms with van der Waals surface area (Å²) in [6, 6.07) is 8.52. The summed E-state index contributed by atoms with van der Waals surface area (Å²) in [6.07, 6.45) is 0.183. The van der Waals surface area contributed by atoms with Gasteiger partial charge in [-0.3, -0.25) is 0 Å². The molecule has 0 saturated heterocycles. The highest BCUT2D eigenvalue weighted by molar-refractivity contribution is 7.15. The zero-order valence-corrected chi connectivity index (χ0v) is 14.3. The van der Waals surface area contributed by atoms with Crippen LogP contribution in [0.3, 0.4) is 0 Å². The van der Waals surface area contributed by atoms with Gasteiger partial charge in [-0.1, -0.05) is 19.1 Å². The van der Waals surface area contributed by atoms with E-state index in [2.05, 4.69) is 38.2 Å². The Morgan fingerprint density at radius 3 is 2.71 bits per heavy atom. The fourth-order valence-electron chi connectivity index (χ4n) is 2.31. The summed E-state index contributed by atoms with van der Waals surface area (Å²) >= 11 is 1.76. The van der Waals surface area contributed by atoms with Gasteiger partial charge < -0.3 is 10.1 Å². The molecule has 0 bridgehead atoms. The van der Waals surface area contributed by atoms with Crippen LogP contribution in [0.25, 0.3) is 10.6 Å². The van der Waals surface area contributed by atoms with Gasteiger partial charge in [-0.2, -0.15) is 0 Å². The lowest BCUT2D eigenvalue weighted by Gasteiger charge is -2.10. The van der Waals surface area contributed by atoms with Gasteiger partial charge >= 0.3 is 0 Å². The van der Waals surface area contributed by atoms with Crippen molar-refractivity contribution in [2.45, 2.75) is 46.8 Å². The number of thiazole rings is 1. The van der Waals surface area contributed by atoms with Crippen LogP contribution in [0.2, 0.25) is 0 Å². The zero-order chi connectivity index (χ0) is 15.4. The van der Waals surface area contributed by atoms with Gasteiger partial charge in [0.2, 0.25) is 0 Å². The minimum Gasteiger partial charge on any atom is -0.491 e. The fourth-order valence-corrected chi connectivity index (χ4v) is 3.40. The maximum Gasteiger partial charge on any atom is 0.124 e. The summed E-state index contributed by atoms with van der Waals surface area (Å²) in [5.74, 6) is 0.900. The lowest BCUT2D eigenvalue weighted by atomic mass is 10.2. The minimum absolute atomic E-state index is 0.183. The van der Waals surface area contributed by atoms with Gasteiger partial charge in [0.05, 0.1) is 11.8 Å². The van der Waals surface area contributed by atoms with E-state index in [-0.39, 0.29) is 6.10 Å². The van der Waals surface area contributed by atoms with Crippen LogP contribution in [0.4, 0.5) is 0 Å². The summed E-state index contributed by atoms with van der Waals surface area (Å²) in [5.41, 5.74) is 2.23. The first-order chi connectivity index (χ1) is 10.0. The molecule has 1 heterocycles. The summed E-state index contributed by atoms with van der Waals surface area (Å²) in [6.45, 7) is 11.4. The summed E-state index contributed by atoms with van der Waals surface area (Å²) < 4.78 is 5.76. The topological polar surface area (TPSA) is 34.1 Å². The first-order valence-electron chi connectivity index (χ1n) is 7.49. The molecule has 114 valence electrons. The van der Waals surface area contributed by atoms with Crippen molar-refractivity contribution in [3.8, 4) is 16.3 Å². The van der Waals surface area contributed by atoms with Gasteiger partial charge in [0.25, 0.3) is 0 Å². The Labute approximate surface area is 131 Å². The van der Waals surface area contributed by atoms with E-state index in [1.807, 2.05) is 26.0 Å². The molecule has 21 heavy (non-hydrogen) atoms. The Bertz CT molecular complexity index is 592. The molecule has 0 fully saturated rings. The molecule has 2 rings (SSSR count). The molecular weight excluding hydrogens is 280 g/mol. The van der Waals surface area contributed by atoms with Gasteiger partial charge in [0.1, 0.15) is 10.8 Å². The van der Waals surface area contributed by atoms with Crippen LogP contribution >= 0.6 is 11.3 Å². The first-order valence-corrected chi connectivity index (χ1v) is 8.30. The Morgan fingerprint density at radius 2 is 2.05 bits per heavy atom. The van der Waals surface area contributed by atoms with Crippen LogP contribution in [0, 0.1) is 6.92 Å². The number of hydrogen-bond donors (Lipinski definition) is 1. The van der Waals surface area contributed by atoms with Crippen LogP contribution in [0.1, 0.15) is 44.3 Å². The second-order valence-corrected chi connectivity index (χ2v) is 6.47. The van der Waals surface area contributed by atoms with Crippen molar-refractivity contribution >= 4 is 11.3 Å². The number of ether oxygens (including phenoxy) is 1. The number of nitrogens with zero attached hydrogens (tertiary/aromatic N) is 1. The minimum atomic E-state index is 0.183. The highest BCUT2D eigenvalue weighted by Crippen LogP contribution is 2.33. The number of benzene rings is 1. The average molecular weight is 304 g/mol. The monoisotopic (exact) mass is 304 g/mol. The second kappa shape index (κ2) is 7.05. The molecule has 0 saturated carbocycles. The fraction of sp³-hybridized carbons (Fsp3) is 0.471. The van der Waals surface area contributed by atoms with Crippen molar-refractivity contribution in [3.63, 3.8) is 0 Å². The summed E-state index contributed by atoms with van der Waals surface area (Å²) in [4.78, 5) is 6.03. The number of aryl methyl sites for hydroxylation is 1. The summed E-state index contributed by atoms with van der Waals surface area (Å²) in [5, 5.41) is 4.51. The van der Waals surface area contributed by atoms with Crippen molar-refractivity contribution in [2.24, 2.45) is 0 Å². The Balaban J connectivity index is 2.28. The number of aromatic nitrogens is 1. The molecule has 4 heteroatoms. The third kappa shape index (κ3) is 4.05. The molecule has 0 aliphatic carbocycles. The quantitative estimate of drug-likeness (QED) is 0.848. The molecule has 1 N–H and O–H groups in total. The van der Waals surface area contributed by atoms with Crippen molar-refractivity contribution in [1.29, 1.82) is 0 Å². The van der Waals surface area contributed by atoms with E-state index in [9.17, 15) is 0 Å². The smallest absolute Gasteiger partial charge is 0.124 e. The van der Waals surface area contributed by atoms with E-state index >= 15 is 0 Å².